The van der Waals surface area contributed by atoms with Crippen LogP contribution in [0, 0.1) is 0 Å². The van der Waals surface area contributed by atoms with Crippen LogP contribution in [0.5, 0.6) is 0 Å². The second-order valence-electron chi connectivity index (χ2n) is 12.0. The fourth-order valence-electron chi connectivity index (χ4n) is 6.83. The minimum Gasteiger partial charge on any atom is -0.456 e. The van der Waals surface area contributed by atoms with Gasteiger partial charge in [-0.1, -0.05) is 115 Å². The fourth-order valence-corrected chi connectivity index (χ4v) is 6.83. The van der Waals surface area contributed by atoms with Crippen LogP contribution in [-0.2, 0) is 0 Å². The summed E-state index contributed by atoms with van der Waals surface area (Å²) in [5.41, 5.74) is 3.74. The van der Waals surface area contributed by atoms with Crippen LogP contribution in [0.3, 0.4) is 0 Å². The molecule has 7 aromatic carbocycles. The van der Waals surface area contributed by atoms with Crippen molar-refractivity contribution in [3.05, 3.63) is 157 Å². The smallest absolute Gasteiger partial charge is 0.238 e. The van der Waals surface area contributed by atoms with Gasteiger partial charge in [-0.2, -0.15) is 9.97 Å². The molecule has 0 saturated heterocycles. The Balaban J connectivity index is 1.25. The van der Waals surface area contributed by atoms with Crippen LogP contribution >= 0.6 is 0 Å². The summed E-state index contributed by atoms with van der Waals surface area (Å²) in [7, 11) is 0. The first kappa shape index (κ1) is 19.8. The number of fused-ring (bicyclic) bond motifs is 9. The number of hydrogen-bond donors (Lipinski definition) is 0. The standard InChI is InChI=1S/C45H26N4O2/c1-3-12-27(13-4-1)30-18-11-21-39-42(30)33-23-22-29(24-40(33)51-39)44-46-43(28-14-5-2-6-15-28)47-45(48-44)49-36-19-9-7-16-31(36)34-25-35-32-17-8-10-20-38(32)50-41(35)26-37(34)49/h1-26H/i7D,8D,9D,10D,16D,17D,19D,20D,25D,26D. The van der Waals surface area contributed by atoms with Crippen molar-refractivity contribution in [3.8, 4) is 39.9 Å². The van der Waals surface area contributed by atoms with E-state index in [1.165, 1.54) is 4.57 Å². The highest BCUT2D eigenvalue weighted by molar-refractivity contribution is 6.17. The molecule has 11 aromatic rings. The molecule has 0 aliphatic rings. The summed E-state index contributed by atoms with van der Waals surface area (Å²) in [6, 6.07) is 25.7. The van der Waals surface area contributed by atoms with Crippen LogP contribution in [-0.4, -0.2) is 19.5 Å². The van der Waals surface area contributed by atoms with Gasteiger partial charge in [0, 0.05) is 49.5 Å². The van der Waals surface area contributed by atoms with Crippen molar-refractivity contribution >= 4 is 65.7 Å². The zero-order chi connectivity index (χ0) is 42.2. The number of para-hydroxylation sites is 2. The van der Waals surface area contributed by atoms with Crippen LogP contribution in [0.25, 0.3) is 106 Å². The van der Waals surface area contributed by atoms with Crippen molar-refractivity contribution in [2.24, 2.45) is 0 Å². The molecule has 0 spiro atoms. The third kappa shape index (κ3) is 4.26. The number of benzene rings is 7. The third-order valence-corrected chi connectivity index (χ3v) is 9.11. The van der Waals surface area contributed by atoms with E-state index < -0.39 is 48.3 Å². The molecule has 0 N–H and O–H groups in total. The fraction of sp³-hybridized carbons (Fsp3) is 0. The molecule has 6 nitrogen and oxygen atoms in total. The first-order chi connectivity index (χ1) is 29.4. The van der Waals surface area contributed by atoms with Gasteiger partial charge < -0.3 is 8.83 Å². The average molecular weight is 665 g/mol. The molecule has 6 heteroatoms. The van der Waals surface area contributed by atoms with Gasteiger partial charge in [-0.15, -0.1) is 0 Å². The number of rotatable bonds is 4. The number of hydrogen-bond acceptors (Lipinski definition) is 5. The Kier molecular flexibility index (Phi) is 4.17. The molecule has 0 saturated carbocycles. The van der Waals surface area contributed by atoms with Crippen molar-refractivity contribution < 1.29 is 22.5 Å². The molecule has 238 valence electrons. The molecule has 0 amide bonds. The molecule has 0 aliphatic heterocycles. The van der Waals surface area contributed by atoms with Gasteiger partial charge in [0.2, 0.25) is 5.95 Å². The molecule has 4 heterocycles. The summed E-state index contributed by atoms with van der Waals surface area (Å²) in [5.74, 6) is 0.257. The Hall–Kier alpha value is -7.05. The third-order valence-electron chi connectivity index (χ3n) is 9.11. The molecule has 4 aromatic heterocycles. The molecule has 0 fully saturated rings. The zero-order valence-corrected chi connectivity index (χ0v) is 26.3. The van der Waals surface area contributed by atoms with Gasteiger partial charge >= 0.3 is 0 Å². The zero-order valence-electron chi connectivity index (χ0n) is 36.3. The number of furan rings is 2. The van der Waals surface area contributed by atoms with E-state index in [4.69, 9.17) is 33.4 Å². The van der Waals surface area contributed by atoms with Crippen LogP contribution < -0.4 is 0 Å². The minimum atomic E-state index is -0.572. The largest absolute Gasteiger partial charge is 0.456 e. The molecule has 0 atom stereocenters. The summed E-state index contributed by atoms with van der Waals surface area (Å²) in [4.78, 5) is 14.7. The molecule has 51 heavy (non-hydrogen) atoms. The van der Waals surface area contributed by atoms with E-state index in [0.29, 0.717) is 22.3 Å². The van der Waals surface area contributed by atoms with E-state index in [1.54, 1.807) is 0 Å². The lowest BCUT2D eigenvalue weighted by molar-refractivity contribution is 0.668. The highest BCUT2D eigenvalue weighted by Gasteiger charge is 2.21. The second kappa shape index (κ2) is 10.7. The summed E-state index contributed by atoms with van der Waals surface area (Å²) in [6.45, 7) is 0. The first-order valence-corrected chi connectivity index (χ1v) is 16.1. The summed E-state index contributed by atoms with van der Waals surface area (Å²) >= 11 is 0. The van der Waals surface area contributed by atoms with Crippen LogP contribution in [0.2, 0.25) is 0 Å². The molecule has 0 aliphatic carbocycles. The van der Waals surface area contributed by atoms with Crippen LogP contribution in [0.1, 0.15) is 13.7 Å². The molecule has 0 unspecified atom stereocenters. The van der Waals surface area contributed by atoms with Gasteiger partial charge in [0.1, 0.15) is 22.3 Å². The van der Waals surface area contributed by atoms with E-state index in [0.717, 1.165) is 21.9 Å². The quantitative estimate of drug-likeness (QED) is 0.187. The molecular formula is C45H26N4O2. The van der Waals surface area contributed by atoms with E-state index in [-0.39, 0.29) is 73.4 Å². The Bertz CT molecular complexity index is 3720. The minimum absolute atomic E-state index is 0.0734. The van der Waals surface area contributed by atoms with Gasteiger partial charge in [0.05, 0.1) is 24.7 Å². The van der Waals surface area contributed by atoms with E-state index >= 15 is 0 Å². The van der Waals surface area contributed by atoms with Crippen molar-refractivity contribution in [1.29, 1.82) is 0 Å². The van der Waals surface area contributed by atoms with E-state index in [1.807, 2.05) is 97.1 Å². The lowest BCUT2D eigenvalue weighted by atomic mass is 9.99. The van der Waals surface area contributed by atoms with Gasteiger partial charge in [-0.3, -0.25) is 4.57 Å². The lowest BCUT2D eigenvalue weighted by Crippen LogP contribution is -2.06. The van der Waals surface area contributed by atoms with Gasteiger partial charge in [-0.05, 0) is 47.5 Å². The summed E-state index contributed by atoms with van der Waals surface area (Å²) in [5, 5.41) is 1.42. The average Bonchev–Trinajstić information content (AvgIpc) is 3.99. The maximum Gasteiger partial charge on any atom is 0.238 e. The van der Waals surface area contributed by atoms with Gasteiger partial charge in [-0.25, -0.2) is 4.98 Å². The van der Waals surface area contributed by atoms with Crippen molar-refractivity contribution in [3.63, 3.8) is 0 Å². The predicted octanol–water partition coefficient (Wildman–Crippen LogP) is 11.8. The number of aromatic nitrogens is 4. The Morgan fingerprint density at radius 3 is 2.04 bits per heavy atom. The Labute approximate surface area is 304 Å². The Morgan fingerprint density at radius 2 is 1.20 bits per heavy atom. The van der Waals surface area contributed by atoms with E-state index in [9.17, 15) is 4.11 Å². The first-order valence-electron chi connectivity index (χ1n) is 21.1. The lowest BCUT2D eigenvalue weighted by Gasteiger charge is -2.11. The maximum absolute atomic E-state index is 9.63. The normalized spacial score (nSPS) is 14.7. The van der Waals surface area contributed by atoms with Crippen molar-refractivity contribution in [2.75, 3.05) is 0 Å². The SMILES string of the molecule is [2H]c1c([2H])c([2H])c2c(oc3c([2H])c4c(c([2H])c32)c2c([2H])c([2H])c([2H])c([2H])c2n4-c2nc(-c3ccccc3)nc(-c3ccc4c(c3)oc3cccc(-c5ccccc5)c34)n2)c1[2H]. The Morgan fingerprint density at radius 1 is 0.471 bits per heavy atom. The van der Waals surface area contributed by atoms with Crippen LogP contribution in [0.4, 0.5) is 0 Å². The molecule has 0 bridgehead atoms. The summed E-state index contributed by atoms with van der Waals surface area (Å²) in [6.07, 6.45) is 0. The molecule has 0 radical (unpaired) electrons. The van der Waals surface area contributed by atoms with Crippen molar-refractivity contribution in [2.45, 2.75) is 0 Å². The second-order valence-corrected chi connectivity index (χ2v) is 12.0. The maximum atomic E-state index is 9.63. The topological polar surface area (TPSA) is 69.9 Å². The highest BCUT2D eigenvalue weighted by atomic mass is 16.3. The summed E-state index contributed by atoms with van der Waals surface area (Å²) < 4.78 is 103. The predicted molar refractivity (Wildman–Crippen MR) is 205 cm³/mol. The molecular weight excluding hydrogens is 629 g/mol. The highest BCUT2D eigenvalue weighted by Crippen LogP contribution is 2.40. The molecule has 11 rings (SSSR count). The van der Waals surface area contributed by atoms with E-state index in [2.05, 4.69) is 0 Å². The van der Waals surface area contributed by atoms with Gasteiger partial charge in [0.15, 0.2) is 11.6 Å². The monoisotopic (exact) mass is 664 g/mol. The van der Waals surface area contributed by atoms with Gasteiger partial charge in [0.25, 0.3) is 0 Å². The van der Waals surface area contributed by atoms with Crippen LogP contribution in [0.15, 0.2) is 166 Å². The number of nitrogens with zero attached hydrogens (tertiary/aromatic N) is 4. The van der Waals surface area contributed by atoms with Crippen molar-refractivity contribution in [1.82, 2.24) is 19.5 Å².